The Hall–Kier alpha value is -2.59. The fourth-order valence-electron chi connectivity index (χ4n) is 3.93. The third kappa shape index (κ3) is 4.15. The maximum atomic E-state index is 13.8. The van der Waals surface area contributed by atoms with Crippen LogP contribution >= 0.6 is 0 Å². The fourth-order valence-corrected chi connectivity index (χ4v) is 3.93. The quantitative estimate of drug-likeness (QED) is 0.809. The van der Waals surface area contributed by atoms with Gasteiger partial charge in [0.25, 0.3) is 5.56 Å². The second-order valence-corrected chi connectivity index (χ2v) is 7.43. The van der Waals surface area contributed by atoms with E-state index in [2.05, 4.69) is 4.98 Å². The number of aliphatic hydroxyl groups is 1. The molecule has 162 valence electrons. The van der Waals surface area contributed by atoms with Crippen molar-refractivity contribution in [3.05, 3.63) is 52.3 Å². The van der Waals surface area contributed by atoms with Gasteiger partial charge >= 0.3 is 6.18 Å². The van der Waals surface area contributed by atoms with Crippen molar-refractivity contribution in [3.8, 4) is 0 Å². The van der Waals surface area contributed by atoms with E-state index < -0.39 is 23.9 Å². The molecule has 0 saturated carbocycles. The predicted molar refractivity (Wildman–Crippen MR) is 105 cm³/mol. The SMILES string of the molecule is O=c1cc(N2CCOCC2)nc2n1CC[C@H](C(F)(F)F)N2C[C@@H](O)c1ccccc1. The molecule has 2 aliphatic rings. The number of alkyl halides is 3. The second kappa shape index (κ2) is 8.27. The Morgan fingerprint density at radius 3 is 2.53 bits per heavy atom. The third-order valence-electron chi connectivity index (χ3n) is 5.50. The molecule has 0 radical (unpaired) electrons. The van der Waals surface area contributed by atoms with Gasteiger partial charge in [0, 0.05) is 25.7 Å². The molecule has 1 fully saturated rings. The Morgan fingerprint density at radius 2 is 1.87 bits per heavy atom. The smallest absolute Gasteiger partial charge is 0.387 e. The number of benzene rings is 1. The van der Waals surface area contributed by atoms with Gasteiger partial charge in [-0.1, -0.05) is 30.3 Å². The lowest BCUT2D eigenvalue weighted by Gasteiger charge is -2.40. The van der Waals surface area contributed by atoms with Crippen molar-refractivity contribution in [3.63, 3.8) is 0 Å². The monoisotopic (exact) mass is 424 g/mol. The van der Waals surface area contributed by atoms with Crippen LogP contribution in [-0.2, 0) is 11.3 Å². The van der Waals surface area contributed by atoms with Gasteiger partial charge in [0.15, 0.2) is 0 Å². The molecular weight excluding hydrogens is 401 g/mol. The zero-order valence-electron chi connectivity index (χ0n) is 16.3. The number of β-amino-alcohol motifs (C(OH)–C–C–N with tert-alkyl or cyclic N) is 1. The van der Waals surface area contributed by atoms with Gasteiger partial charge in [-0.15, -0.1) is 0 Å². The summed E-state index contributed by atoms with van der Waals surface area (Å²) < 4.78 is 48.0. The summed E-state index contributed by atoms with van der Waals surface area (Å²) in [6.07, 6.45) is -5.96. The molecule has 1 aromatic heterocycles. The topological polar surface area (TPSA) is 70.8 Å². The first-order valence-electron chi connectivity index (χ1n) is 9.85. The average molecular weight is 424 g/mol. The summed E-state index contributed by atoms with van der Waals surface area (Å²) in [7, 11) is 0. The second-order valence-electron chi connectivity index (χ2n) is 7.43. The number of rotatable bonds is 4. The normalized spacial score (nSPS) is 20.7. The minimum absolute atomic E-state index is 0.0625. The van der Waals surface area contributed by atoms with E-state index in [1.165, 1.54) is 10.6 Å². The number of fused-ring (bicyclic) bond motifs is 1. The highest BCUT2D eigenvalue weighted by Crippen LogP contribution is 2.35. The van der Waals surface area contributed by atoms with Crippen LogP contribution in [0.1, 0.15) is 18.1 Å². The molecule has 2 aliphatic heterocycles. The lowest BCUT2D eigenvalue weighted by atomic mass is 10.1. The Morgan fingerprint density at radius 1 is 1.17 bits per heavy atom. The standard InChI is InChI=1S/C20H23F3N4O3/c21-20(22,23)16-6-7-26-18(29)12-17(25-8-10-30-11-9-25)24-19(26)27(16)13-15(28)14-4-2-1-3-5-14/h1-5,12,15-16,28H,6-11,13H2/t15-,16-/m1/s1. The van der Waals surface area contributed by atoms with Crippen molar-refractivity contribution in [1.82, 2.24) is 9.55 Å². The van der Waals surface area contributed by atoms with Gasteiger partial charge in [-0.3, -0.25) is 9.36 Å². The Labute approximate surface area is 171 Å². The minimum Gasteiger partial charge on any atom is -0.387 e. The highest BCUT2D eigenvalue weighted by Gasteiger charge is 2.47. The molecule has 1 saturated heterocycles. The third-order valence-corrected chi connectivity index (χ3v) is 5.50. The number of morpholine rings is 1. The molecule has 2 aromatic rings. The molecule has 10 heteroatoms. The van der Waals surface area contributed by atoms with Crippen molar-refractivity contribution in [2.24, 2.45) is 0 Å². The van der Waals surface area contributed by atoms with Crippen LogP contribution in [0.15, 0.2) is 41.2 Å². The van der Waals surface area contributed by atoms with Gasteiger partial charge < -0.3 is 19.6 Å². The van der Waals surface area contributed by atoms with E-state index in [1.807, 2.05) is 4.90 Å². The van der Waals surface area contributed by atoms with Crippen LogP contribution < -0.4 is 15.4 Å². The number of aromatic nitrogens is 2. The number of hydrogen-bond acceptors (Lipinski definition) is 6. The van der Waals surface area contributed by atoms with Crippen molar-refractivity contribution in [1.29, 1.82) is 0 Å². The number of hydrogen-bond donors (Lipinski definition) is 1. The van der Waals surface area contributed by atoms with Crippen LogP contribution in [0.4, 0.5) is 24.9 Å². The van der Waals surface area contributed by atoms with E-state index >= 15 is 0 Å². The zero-order valence-corrected chi connectivity index (χ0v) is 16.3. The summed E-state index contributed by atoms with van der Waals surface area (Å²) in [5, 5.41) is 10.6. The average Bonchev–Trinajstić information content (AvgIpc) is 2.74. The summed E-state index contributed by atoms with van der Waals surface area (Å²) in [6.45, 7) is 1.53. The fraction of sp³-hybridized carbons (Fsp3) is 0.500. The van der Waals surface area contributed by atoms with Gasteiger partial charge in [-0.05, 0) is 12.0 Å². The van der Waals surface area contributed by atoms with E-state index in [1.54, 1.807) is 30.3 Å². The first-order chi connectivity index (χ1) is 14.3. The number of anilines is 2. The minimum atomic E-state index is -4.52. The first-order valence-corrected chi connectivity index (χ1v) is 9.85. The molecule has 1 aromatic carbocycles. The van der Waals surface area contributed by atoms with Crippen LogP contribution in [0.5, 0.6) is 0 Å². The Kier molecular flexibility index (Phi) is 5.70. The molecule has 0 bridgehead atoms. The number of aliphatic hydroxyl groups excluding tert-OH is 1. The van der Waals surface area contributed by atoms with Gasteiger partial charge in [-0.25, -0.2) is 0 Å². The highest BCUT2D eigenvalue weighted by atomic mass is 19.4. The predicted octanol–water partition coefficient (Wildman–Crippen LogP) is 1.95. The van der Waals surface area contributed by atoms with Gasteiger partial charge in [0.2, 0.25) is 5.95 Å². The van der Waals surface area contributed by atoms with Crippen LogP contribution in [0.3, 0.4) is 0 Å². The molecule has 0 aliphatic carbocycles. The maximum absolute atomic E-state index is 13.8. The number of ether oxygens (including phenoxy) is 1. The van der Waals surface area contributed by atoms with E-state index in [9.17, 15) is 23.1 Å². The van der Waals surface area contributed by atoms with Crippen molar-refractivity contribution in [2.45, 2.75) is 31.3 Å². The Bertz CT molecular complexity index is 929. The van der Waals surface area contributed by atoms with E-state index in [-0.39, 0.29) is 25.5 Å². The molecule has 0 spiro atoms. The lowest BCUT2D eigenvalue weighted by Crippen LogP contribution is -2.53. The van der Waals surface area contributed by atoms with Gasteiger partial charge in [0.05, 0.1) is 25.9 Å². The Balaban J connectivity index is 1.73. The molecule has 30 heavy (non-hydrogen) atoms. The zero-order chi connectivity index (χ0) is 21.3. The van der Waals surface area contributed by atoms with Crippen LogP contribution in [0, 0.1) is 0 Å². The van der Waals surface area contributed by atoms with Gasteiger partial charge in [-0.2, -0.15) is 18.2 Å². The molecule has 3 heterocycles. The molecule has 4 rings (SSSR count). The molecule has 1 N–H and O–H groups in total. The molecule has 0 unspecified atom stereocenters. The summed E-state index contributed by atoms with van der Waals surface area (Å²) in [6, 6.07) is 8.02. The van der Waals surface area contributed by atoms with E-state index in [0.717, 1.165) is 4.90 Å². The van der Waals surface area contributed by atoms with Crippen molar-refractivity contribution >= 4 is 11.8 Å². The van der Waals surface area contributed by atoms with E-state index in [4.69, 9.17) is 4.74 Å². The molecule has 7 nitrogen and oxygen atoms in total. The lowest BCUT2D eigenvalue weighted by molar-refractivity contribution is -0.153. The molecular formula is C20H23F3N4O3. The van der Waals surface area contributed by atoms with Crippen LogP contribution in [0.2, 0.25) is 0 Å². The summed E-state index contributed by atoms with van der Waals surface area (Å²) in [5.41, 5.74) is 0.101. The number of nitrogens with zero attached hydrogens (tertiary/aromatic N) is 4. The highest BCUT2D eigenvalue weighted by molar-refractivity contribution is 5.47. The van der Waals surface area contributed by atoms with Gasteiger partial charge in [0.1, 0.15) is 11.9 Å². The number of halogens is 3. The summed E-state index contributed by atoms with van der Waals surface area (Å²) in [4.78, 5) is 20.0. The van der Waals surface area contributed by atoms with Crippen molar-refractivity contribution in [2.75, 3.05) is 42.6 Å². The maximum Gasteiger partial charge on any atom is 0.408 e. The van der Waals surface area contributed by atoms with Crippen LogP contribution in [0.25, 0.3) is 0 Å². The van der Waals surface area contributed by atoms with Crippen LogP contribution in [-0.4, -0.2) is 59.7 Å². The molecule has 2 atom stereocenters. The van der Waals surface area contributed by atoms with E-state index in [0.29, 0.717) is 37.7 Å². The molecule has 0 amide bonds. The summed E-state index contributed by atoms with van der Waals surface area (Å²) in [5.74, 6) is 0.268. The van der Waals surface area contributed by atoms with Crippen molar-refractivity contribution < 1.29 is 23.0 Å². The first kappa shape index (κ1) is 20.7. The summed E-state index contributed by atoms with van der Waals surface area (Å²) >= 11 is 0. The largest absolute Gasteiger partial charge is 0.408 e.